The predicted octanol–water partition coefficient (Wildman–Crippen LogP) is 2.14. The molecule has 2 unspecified atom stereocenters. The highest BCUT2D eigenvalue weighted by Gasteiger charge is 2.31. The van der Waals surface area contributed by atoms with Crippen LogP contribution in [0.5, 0.6) is 0 Å². The van der Waals surface area contributed by atoms with Crippen molar-refractivity contribution in [2.45, 2.75) is 26.4 Å². The molecular formula is C12H17ClN2O3. The van der Waals surface area contributed by atoms with Gasteiger partial charge >= 0.3 is 0 Å². The Morgan fingerprint density at radius 3 is 2.67 bits per heavy atom. The van der Waals surface area contributed by atoms with Gasteiger partial charge < -0.3 is 10.8 Å². The average molecular weight is 273 g/mol. The zero-order valence-electron chi connectivity index (χ0n) is 10.4. The van der Waals surface area contributed by atoms with Crippen LogP contribution in [0.3, 0.4) is 0 Å². The Labute approximate surface area is 111 Å². The molecule has 0 amide bonds. The maximum absolute atomic E-state index is 10.9. The van der Waals surface area contributed by atoms with Gasteiger partial charge in [0.2, 0.25) is 0 Å². The fraction of sp³-hybridized carbons (Fsp3) is 0.500. The highest BCUT2D eigenvalue weighted by molar-refractivity contribution is 6.30. The Hall–Kier alpha value is -1.17. The van der Waals surface area contributed by atoms with Gasteiger partial charge in [-0.3, -0.25) is 10.1 Å². The van der Waals surface area contributed by atoms with Crippen LogP contribution in [0.25, 0.3) is 0 Å². The van der Waals surface area contributed by atoms with Crippen LogP contribution in [-0.2, 0) is 6.42 Å². The minimum Gasteiger partial charge on any atom is -0.393 e. The summed E-state index contributed by atoms with van der Waals surface area (Å²) in [6, 6.07) is 4.40. The van der Waals surface area contributed by atoms with E-state index in [2.05, 4.69) is 0 Å². The molecule has 0 aliphatic rings. The summed E-state index contributed by atoms with van der Waals surface area (Å²) in [4.78, 5) is 10.5. The maximum Gasteiger partial charge on any atom is 0.272 e. The summed E-state index contributed by atoms with van der Waals surface area (Å²) in [5, 5.41) is 21.1. The van der Waals surface area contributed by atoms with Crippen molar-refractivity contribution in [2.75, 3.05) is 6.54 Å². The van der Waals surface area contributed by atoms with Crippen molar-refractivity contribution in [1.82, 2.24) is 0 Å². The van der Waals surface area contributed by atoms with E-state index in [1.165, 1.54) is 12.1 Å². The third-order valence-corrected chi connectivity index (χ3v) is 3.54. The largest absolute Gasteiger partial charge is 0.393 e. The SMILES string of the molecule is CC(O)C(C)(CN)Cc1cc(Cl)ccc1[N+](=O)[O-]. The van der Waals surface area contributed by atoms with Crippen LogP contribution in [0.4, 0.5) is 5.69 Å². The highest BCUT2D eigenvalue weighted by atomic mass is 35.5. The quantitative estimate of drug-likeness (QED) is 0.635. The van der Waals surface area contributed by atoms with E-state index in [-0.39, 0.29) is 12.2 Å². The highest BCUT2D eigenvalue weighted by Crippen LogP contribution is 2.31. The van der Waals surface area contributed by atoms with E-state index in [4.69, 9.17) is 17.3 Å². The summed E-state index contributed by atoms with van der Waals surface area (Å²) in [6.45, 7) is 3.65. The van der Waals surface area contributed by atoms with Gasteiger partial charge in [0.15, 0.2) is 0 Å². The molecular weight excluding hydrogens is 256 g/mol. The van der Waals surface area contributed by atoms with Crippen LogP contribution in [0, 0.1) is 15.5 Å². The van der Waals surface area contributed by atoms with Crippen molar-refractivity contribution in [2.24, 2.45) is 11.1 Å². The van der Waals surface area contributed by atoms with Gasteiger partial charge in [0, 0.05) is 28.6 Å². The first kappa shape index (κ1) is 14.9. The summed E-state index contributed by atoms with van der Waals surface area (Å²) in [5.74, 6) is 0. The van der Waals surface area contributed by atoms with Crippen LogP contribution >= 0.6 is 11.6 Å². The van der Waals surface area contributed by atoms with Crippen molar-refractivity contribution in [1.29, 1.82) is 0 Å². The number of benzene rings is 1. The standard InChI is InChI=1S/C12H17ClN2O3/c1-8(16)12(2,7-14)6-9-5-10(13)3-4-11(9)15(17)18/h3-5,8,16H,6-7,14H2,1-2H3. The third kappa shape index (κ3) is 3.19. The molecule has 0 bridgehead atoms. The number of hydrogen-bond donors (Lipinski definition) is 2. The summed E-state index contributed by atoms with van der Waals surface area (Å²) in [6.07, 6.45) is -0.362. The van der Waals surface area contributed by atoms with E-state index < -0.39 is 16.4 Å². The molecule has 5 nitrogen and oxygen atoms in total. The van der Waals surface area contributed by atoms with Crippen molar-refractivity contribution in [3.05, 3.63) is 38.9 Å². The van der Waals surface area contributed by atoms with Crippen LogP contribution in [-0.4, -0.2) is 22.7 Å². The topological polar surface area (TPSA) is 89.4 Å². The minimum atomic E-state index is -0.666. The third-order valence-electron chi connectivity index (χ3n) is 3.31. The molecule has 3 N–H and O–H groups in total. The van der Waals surface area contributed by atoms with Crippen LogP contribution in [0.15, 0.2) is 18.2 Å². The number of nitrogens with two attached hydrogens (primary N) is 1. The average Bonchev–Trinajstić information content (AvgIpc) is 2.28. The number of aliphatic hydroxyl groups excluding tert-OH is 1. The number of halogens is 1. The fourth-order valence-corrected chi connectivity index (χ4v) is 1.89. The Morgan fingerprint density at radius 1 is 1.61 bits per heavy atom. The van der Waals surface area contributed by atoms with E-state index in [9.17, 15) is 15.2 Å². The molecule has 100 valence electrons. The van der Waals surface area contributed by atoms with Gasteiger partial charge in [-0.1, -0.05) is 18.5 Å². The monoisotopic (exact) mass is 272 g/mol. The fourth-order valence-electron chi connectivity index (χ4n) is 1.70. The summed E-state index contributed by atoms with van der Waals surface area (Å²) >= 11 is 5.86. The Balaban J connectivity index is 3.16. The lowest BCUT2D eigenvalue weighted by atomic mass is 9.79. The van der Waals surface area contributed by atoms with Crippen molar-refractivity contribution in [3.63, 3.8) is 0 Å². The van der Waals surface area contributed by atoms with Crippen LogP contribution in [0.2, 0.25) is 5.02 Å². The van der Waals surface area contributed by atoms with Gasteiger partial charge in [-0.25, -0.2) is 0 Å². The smallest absolute Gasteiger partial charge is 0.272 e. The summed E-state index contributed by atoms with van der Waals surface area (Å²) < 4.78 is 0. The van der Waals surface area contributed by atoms with E-state index in [1.54, 1.807) is 19.9 Å². The Bertz CT molecular complexity index is 451. The Kier molecular flexibility index (Phi) is 4.67. The molecule has 0 heterocycles. The number of nitro groups is 1. The van der Waals surface area contributed by atoms with Gasteiger partial charge in [-0.05, 0) is 25.5 Å². The molecule has 0 aromatic heterocycles. The van der Waals surface area contributed by atoms with Crippen molar-refractivity contribution >= 4 is 17.3 Å². The summed E-state index contributed by atoms with van der Waals surface area (Å²) in [5.41, 5.74) is 5.53. The van der Waals surface area contributed by atoms with Crippen molar-refractivity contribution < 1.29 is 10.0 Å². The predicted molar refractivity (Wildman–Crippen MR) is 70.7 cm³/mol. The molecule has 2 atom stereocenters. The van der Waals surface area contributed by atoms with Gasteiger partial charge in [0.05, 0.1) is 11.0 Å². The lowest BCUT2D eigenvalue weighted by molar-refractivity contribution is -0.385. The van der Waals surface area contributed by atoms with Gasteiger partial charge in [0.25, 0.3) is 5.69 Å². The lowest BCUT2D eigenvalue weighted by Gasteiger charge is -2.31. The van der Waals surface area contributed by atoms with E-state index >= 15 is 0 Å². The second-order valence-electron chi connectivity index (χ2n) is 4.74. The number of aliphatic hydroxyl groups is 1. The molecule has 0 fully saturated rings. The lowest BCUT2D eigenvalue weighted by Crippen LogP contribution is -2.39. The Morgan fingerprint density at radius 2 is 2.22 bits per heavy atom. The molecule has 0 radical (unpaired) electrons. The molecule has 1 rings (SSSR count). The normalized spacial score (nSPS) is 16.1. The zero-order chi connectivity index (χ0) is 13.9. The first-order chi connectivity index (χ1) is 8.30. The van der Waals surface area contributed by atoms with E-state index in [0.717, 1.165) is 0 Å². The molecule has 1 aromatic carbocycles. The number of hydrogen-bond acceptors (Lipinski definition) is 4. The molecule has 6 heteroatoms. The number of nitro benzene ring substituents is 1. The molecule has 0 aliphatic heterocycles. The van der Waals surface area contributed by atoms with E-state index in [0.29, 0.717) is 17.0 Å². The number of nitrogens with zero attached hydrogens (tertiary/aromatic N) is 1. The van der Waals surface area contributed by atoms with Gasteiger partial charge in [-0.15, -0.1) is 0 Å². The molecule has 18 heavy (non-hydrogen) atoms. The molecule has 0 saturated heterocycles. The minimum absolute atomic E-state index is 0.000255. The first-order valence-corrected chi connectivity index (χ1v) is 5.99. The molecule has 0 spiro atoms. The molecule has 0 saturated carbocycles. The summed E-state index contributed by atoms with van der Waals surface area (Å²) in [7, 11) is 0. The van der Waals surface area contributed by atoms with E-state index in [1.807, 2.05) is 0 Å². The van der Waals surface area contributed by atoms with Crippen molar-refractivity contribution in [3.8, 4) is 0 Å². The number of rotatable bonds is 5. The molecule has 1 aromatic rings. The molecule has 0 aliphatic carbocycles. The maximum atomic E-state index is 10.9. The van der Waals surface area contributed by atoms with Gasteiger partial charge in [-0.2, -0.15) is 0 Å². The van der Waals surface area contributed by atoms with Crippen LogP contribution < -0.4 is 5.73 Å². The van der Waals surface area contributed by atoms with Crippen LogP contribution in [0.1, 0.15) is 19.4 Å². The second kappa shape index (κ2) is 5.65. The first-order valence-electron chi connectivity index (χ1n) is 5.61. The second-order valence-corrected chi connectivity index (χ2v) is 5.18. The zero-order valence-corrected chi connectivity index (χ0v) is 11.1. The van der Waals surface area contributed by atoms with Gasteiger partial charge in [0.1, 0.15) is 0 Å².